The van der Waals surface area contributed by atoms with Crippen LogP contribution in [0, 0.1) is 0 Å². The van der Waals surface area contributed by atoms with Gasteiger partial charge in [0.15, 0.2) is 17.7 Å². The number of hydrogen-bond donors (Lipinski definition) is 6. The van der Waals surface area contributed by atoms with E-state index in [-0.39, 0.29) is 29.4 Å². The smallest absolute Gasteiger partial charge is 0.303 e. The number of carboxylic acid groups (broad SMARTS) is 1. The molecule has 1 aliphatic rings. The third-order valence-electron chi connectivity index (χ3n) is 5.23. The number of carbonyl (C=O) groups is 1. The van der Waals surface area contributed by atoms with E-state index in [1.165, 1.54) is 17.1 Å². The molecule has 0 aliphatic carbocycles. The van der Waals surface area contributed by atoms with Crippen LogP contribution in [-0.4, -0.2) is 77.0 Å². The van der Waals surface area contributed by atoms with Crippen molar-refractivity contribution in [3.8, 4) is 0 Å². The number of anilines is 2. The number of ether oxygens (including phenoxy) is 1. The number of nitrogens with one attached hydrogen (secondary N) is 1. The zero-order chi connectivity index (χ0) is 23.5. The molecule has 4 rings (SSSR count). The second kappa shape index (κ2) is 9.46. The fourth-order valence-electron chi connectivity index (χ4n) is 3.47. The monoisotopic (exact) mass is 457 g/mol. The Bertz CT molecular complexity index is 1170. The van der Waals surface area contributed by atoms with Gasteiger partial charge in [-0.15, -0.1) is 0 Å². The molecule has 2 aromatic heterocycles. The first-order chi connectivity index (χ1) is 15.9. The van der Waals surface area contributed by atoms with Crippen LogP contribution in [0.1, 0.15) is 23.8 Å². The molecule has 33 heavy (non-hydrogen) atoms. The minimum atomic E-state index is -1.30. The summed E-state index contributed by atoms with van der Waals surface area (Å²) in [5.74, 6) is -0.699. The topological polar surface area (TPSA) is 201 Å². The summed E-state index contributed by atoms with van der Waals surface area (Å²) in [6, 6.07) is 7.25. The van der Waals surface area contributed by atoms with E-state index >= 15 is 0 Å². The lowest BCUT2D eigenvalue weighted by Gasteiger charge is -2.16. The van der Waals surface area contributed by atoms with Crippen LogP contribution in [0.2, 0.25) is 0 Å². The van der Waals surface area contributed by atoms with Gasteiger partial charge in [0.25, 0.3) is 0 Å². The van der Waals surface area contributed by atoms with Crippen molar-refractivity contribution in [1.29, 1.82) is 0 Å². The number of fused-ring (bicyclic) bond motifs is 1. The van der Waals surface area contributed by atoms with Crippen molar-refractivity contribution in [1.82, 2.24) is 19.5 Å². The lowest BCUT2D eigenvalue weighted by Crippen LogP contribution is -2.33. The van der Waals surface area contributed by atoms with Crippen molar-refractivity contribution in [2.45, 2.75) is 37.4 Å². The van der Waals surface area contributed by atoms with Gasteiger partial charge >= 0.3 is 5.97 Å². The van der Waals surface area contributed by atoms with E-state index in [0.717, 1.165) is 11.1 Å². The van der Waals surface area contributed by atoms with Gasteiger partial charge in [0.1, 0.15) is 23.8 Å². The second-order valence-corrected chi connectivity index (χ2v) is 7.49. The van der Waals surface area contributed by atoms with E-state index in [1.807, 2.05) is 12.1 Å². The molecule has 1 saturated heterocycles. The van der Waals surface area contributed by atoms with Crippen molar-refractivity contribution in [3.05, 3.63) is 41.7 Å². The summed E-state index contributed by atoms with van der Waals surface area (Å²) >= 11 is 0. The van der Waals surface area contributed by atoms with Crippen LogP contribution >= 0.6 is 0 Å². The maximum Gasteiger partial charge on any atom is 0.303 e. The van der Waals surface area contributed by atoms with Crippen molar-refractivity contribution in [3.63, 3.8) is 0 Å². The van der Waals surface area contributed by atoms with Crippen molar-refractivity contribution in [2.75, 3.05) is 17.8 Å². The first-order valence-electron chi connectivity index (χ1n) is 10.1. The van der Waals surface area contributed by atoms with Gasteiger partial charge in [0, 0.05) is 6.42 Å². The van der Waals surface area contributed by atoms with Crippen LogP contribution in [-0.2, 0) is 16.0 Å². The number of carboxylic acids is 1. The molecular weight excluding hydrogens is 434 g/mol. The summed E-state index contributed by atoms with van der Waals surface area (Å²) in [7, 11) is 0. The average Bonchev–Trinajstić information content (AvgIpc) is 3.34. The van der Waals surface area contributed by atoms with E-state index < -0.39 is 37.1 Å². The van der Waals surface area contributed by atoms with Gasteiger partial charge in [-0.2, -0.15) is 15.1 Å². The number of aliphatic carboxylic acids is 1. The lowest BCUT2D eigenvalue weighted by molar-refractivity contribution is -0.136. The standard InChI is InChI=1S/C20H23N7O6/c21-17-14-18(27(9-22-14)19-16(32)15(31)12(8-28)33-19)25-20(24-17)26-23-7-11-3-1-10(2-4-11)5-6-13(29)30/h1-4,7,9,12,15-16,19,28,31-32H,5-6,8H2,(H,29,30)(H3,21,24,25,26)/b23-7+. The van der Waals surface area contributed by atoms with E-state index in [2.05, 4.69) is 25.5 Å². The van der Waals surface area contributed by atoms with E-state index in [0.29, 0.717) is 6.42 Å². The molecule has 3 aromatic rings. The van der Waals surface area contributed by atoms with Crippen molar-refractivity contribution < 1.29 is 30.0 Å². The molecule has 7 N–H and O–H groups in total. The highest BCUT2D eigenvalue weighted by Crippen LogP contribution is 2.32. The maximum atomic E-state index is 10.7. The summed E-state index contributed by atoms with van der Waals surface area (Å²) < 4.78 is 6.94. The van der Waals surface area contributed by atoms with Gasteiger partial charge in [-0.3, -0.25) is 9.36 Å². The molecule has 0 amide bonds. The number of aromatic nitrogens is 4. The largest absolute Gasteiger partial charge is 0.481 e. The normalized spacial score (nSPS) is 22.9. The Morgan fingerprint density at radius 2 is 2.00 bits per heavy atom. The number of aryl methyl sites for hydroxylation is 1. The van der Waals surface area contributed by atoms with Gasteiger partial charge in [0.2, 0.25) is 5.95 Å². The molecule has 0 saturated carbocycles. The Morgan fingerprint density at radius 3 is 2.67 bits per heavy atom. The number of hydrazone groups is 1. The molecule has 3 heterocycles. The number of hydrogen-bond acceptors (Lipinski definition) is 11. The number of nitrogen functional groups attached to an aromatic ring is 1. The number of aliphatic hydroxyl groups is 3. The van der Waals surface area contributed by atoms with Crippen molar-refractivity contribution >= 4 is 35.1 Å². The minimum Gasteiger partial charge on any atom is -0.481 e. The Hall–Kier alpha value is -3.65. The zero-order valence-corrected chi connectivity index (χ0v) is 17.3. The highest BCUT2D eigenvalue weighted by Gasteiger charge is 2.44. The third-order valence-corrected chi connectivity index (χ3v) is 5.23. The van der Waals surface area contributed by atoms with Crippen molar-refractivity contribution in [2.24, 2.45) is 5.10 Å². The van der Waals surface area contributed by atoms with E-state index in [1.54, 1.807) is 12.1 Å². The van der Waals surface area contributed by atoms with E-state index in [9.17, 15) is 20.1 Å². The quantitative estimate of drug-likeness (QED) is 0.188. The van der Waals surface area contributed by atoms with Gasteiger partial charge in [-0.25, -0.2) is 10.4 Å². The molecule has 1 aromatic carbocycles. The maximum absolute atomic E-state index is 10.7. The molecule has 1 aliphatic heterocycles. The molecule has 4 atom stereocenters. The second-order valence-electron chi connectivity index (χ2n) is 7.49. The Morgan fingerprint density at radius 1 is 1.24 bits per heavy atom. The molecule has 0 radical (unpaired) electrons. The molecular formula is C20H23N7O6. The Kier molecular flexibility index (Phi) is 6.46. The van der Waals surface area contributed by atoms with E-state index in [4.69, 9.17) is 15.6 Å². The van der Waals surface area contributed by atoms with Crippen LogP contribution < -0.4 is 11.2 Å². The number of rotatable bonds is 8. The Balaban J connectivity index is 1.50. The number of nitrogens with two attached hydrogens (primary N) is 1. The van der Waals surface area contributed by atoms with Crippen LogP contribution in [0.5, 0.6) is 0 Å². The fraction of sp³-hybridized carbons (Fsp3) is 0.350. The van der Waals surface area contributed by atoms with Gasteiger partial charge in [-0.05, 0) is 17.5 Å². The molecule has 0 bridgehead atoms. The third kappa shape index (κ3) is 4.75. The predicted molar refractivity (Wildman–Crippen MR) is 116 cm³/mol. The van der Waals surface area contributed by atoms with Crippen LogP contribution in [0.25, 0.3) is 11.2 Å². The summed E-state index contributed by atoms with van der Waals surface area (Å²) in [4.78, 5) is 23.3. The SMILES string of the molecule is Nc1nc(N/N=C/c2ccc(CCC(=O)O)cc2)nc2c1ncn2C1OC(CO)C(O)C1O. The van der Waals surface area contributed by atoms with Gasteiger partial charge in [-0.1, -0.05) is 24.3 Å². The first-order valence-corrected chi connectivity index (χ1v) is 10.1. The highest BCUT2D eigenvalue weighted by molar-refractivity contribution is 5.83. The van der Waals surface area contributed by atoms with Crippen LogP contribution in [0.3, 0.4) is 0 Å². The predicted octanol–water partition coefficient (Wildman–Crippen LogP) is -0.517. The number of imidazole rings is 1. The Labute approximate surface area is 187 Å². The number of nitrogens with zero attached hydrogens (tertiary/aromatic N) is 5. The summed E-state index contributed by atoms with van der Waals surface area (Å²) in [6.45, 7) is -0.458. The molecule has 0 spiro atoms. The summed E-state index contributed by atoms with van der Waals surface area (Å²) in [5, 5.41) is 42.5. The number of aliphatic hydroxyl groups excluding tert-OH is 3. The lowest BCUT2D eigenvalue weighted by atomic mass is 10.1. The highest BCUT2D eigenvalue weighted by atomic mass is 16.6. The van der Waals surface area contributed by atoms with Crippen LogP contribution in [0.15, 0.2) is 35.7 Å². The first kappa shape index (κ1) is 22.5. The fourth-order valence-corrected chi connectivity index (χ4v) is 3.47. The minimum absolute atomic E-state index is 0.0648. The summed E-state index contributed by atoms with van der Waals surface area (Å²) in [6.07, 6.45) is -1.13. The van der Waals surface area contributed by atoms with Gasteiger partial charge in [0.05, 0.1) is 19.1 Å². The number of benzene rings is 1. The molecule has 4 unspecified atom stereocenters. The molecule has 1 fully saturated rings. The van der Waals surface area contributed by atoms with Gasteiger partial charge < -0.3 is 30.9 Å². The average molecular weight is 457 g/mol. The zero-order valence-electron chi connectivity index (χ0n) is 17.3. The van der Waals surface area contributed by atoms with Crippen LogP contribution in [0.4, 0.5) is 11.8 Å². The molecule has 13 nitrogen and oxygen atoms in total. The molecule has 13 heteroatoms. The molecule has 174 valence electrons. The summed E-state index contributed by atoms with van der Waals surface area (Å²) in [5.41, 5.74) is 10.9.